The molecular weight excluding hydrogens is 411 g/mol. The van der Waals surface area contributed by atoms with E-state index in [0.717, 1.165) is 22.2 Å². The molecule has 158 valence electrons. The van der Waals surface area contributed by atoms with Crippen LogP contribution in [0.25, 0.3) is 33.8 Å². The van der Waals surface area contributed by atoms with Gasteiger partial charge in [0.05, 0.1) is 11.0 Å². The second-order valence-electron chi connectivity index (χ2n) is 7.12. The molecule has 0 unspecified atom stereocenters. The molecule has 0 fully saturated rings. The maximum atomic E-state index is 13.1. The molecule has 5 aromatic rings. The number of nitrogens with one attached hydrogen (secondary N) is 2. The highest BCUT2D eigenvalue weighted by Gasteiger charge is 2.12. The lowest BCUT2D eigenvalue weighted by molar-refractivity contribution is -0.116. The van der Waals surface area contributed by atoms with Crippen molar-refractivity contribution in [1.82, 2.24) is 25.1 Å². The van der Waals surface area contributed by atoms with Gasteiger partial charge in [-0.1, -0.05) is 5.16 Å². The van der Waals surface area contributed by atoms with Crippen molar-refractivity contribution in [2.75, 3.05) is 5.32 Å². The average Bonchev–Trinajstić information content (AvgIpc) is 3.46. The van der Waals surface area contributed by atoms with E-state index in [1.54, 1.807) is 42.7 Å². The van der Waals surface area contributed by atoms with Crippen LogP contribution in [0.2, 0.25) is 0 Å². The minimum absolute atomic E-state index is 0.175. The zero-order valence-corrected chi connectivity index (χ0v) is 16.7. The first-order valence-corrected chi connectivity index (χ1v) is 9.92. The molecule has 0 saturated carbocycles. The summed E-state index contributed by atoms with van der Waals surface area (Å²) in [6, 6.07) is 15.1. The number of carbonyl (C=O) groups excluding carboxylic acids is 1. The summed E-state index contributed by atoms with van der Waals surface area (Å²) in [5.74, 6) is 1.00. The van der Waals surface area contributed by atoms with Gasteiger partial charge in [-0.05, 0) is 54.6 Å². The summed E-state index contributed by atoms with van der Waals surface area (Å²) in [5.41, 5.74) is 3.73. The number of carbonyl (C=O) groups is 1. The number of fused-ring (bicyclic) bond motifs is 1. The topological polar surface area (TPSA) is 110 Å². The first-order chi connectivity index (χ1) is 15.6. The molecule has 0 aliphatic carbocycles. The largest absolute Gasteiger partial charge is 0.339 e. The van der Waals surface area contributed by atoms with Crippen molar-refractivity contribution in [2.45, 2.75) is 12.8 Å². The number of imidazole rings is 1. The summed E-state index contributed by atoms with van der Waals surface area (Å²) >= 11 is 0. The Morgan fingerprint density at radius 1 is 1.00 bits per heavy atom. The van der Waals surface area contributed by atoms with Gasteiger partial charge in [0.2, 0.25) is 17.6 Å². The number of anilines is 1. The number of aromatic amines is 1. The summed E-state index contributed by atoms with van der Waals surface area (Å²) in [4.78, 5) is 28.4. The van der Waals surface area contributed by atoms with Crippen LogP contribution in [0.5, 0.6) is 0 Å². The standard InChI is InChI=1S/C23H17FN6O2/c24-16-3-1-14(2-4-16)22-27-18-6-5-17(13-19(18)28-22)26-20(31)7-8-21-29-23(30-32-21)15-9-11-25-12-10-15/h1-6,9-13H,7-8H2,(H,26,31)(H,27,28). The predicted molar refractivity (Wildman–Crippen MR) is 116 cm³/mol. The fraction of sp³-hybridized carbons (Fsp3) is 0.0870. The van der Waals surface area contributed by atoms with Crippen molar-refractivity contribution in [2.24, 2.45) is 0 Å². The number of aryl methyl sites for hydroxylation is 1. The molecule has 0 radical (unpaired) electrons. The van der Waals surface area contributed by atoms with Crippen molar-refractivity contribution in [3.63, 3.8) is 0 Å². The van der Waals surface area contributed by atoms with Gasteiger partial charge in [0, 0.05) is 42.0 Å². The molecular formula is C23H17FN6O2. The summed E-state index contributed by atoms with van der Waals surface area (Å²) in [7, 11) is 0. The zero-order valence-electron chi connectivity index (χ0n) is 16.7. The van der Waals surface area contributed by atoms with Crippen LogP contribution in [-0.2, 0) is 11.2 Å². The number of rotatable bonds is 6. The molecule has 1 amide bonds. The molecule has 8 nitrogen and oxygen atoms in total. The van der Waals surface area contributed by atoms with Crippen LogP contribution in [0.1, 0.15) is 12.3 Å². The maximum Gasteiger partial charge on any atom is 0.227 e. The van der Waals surface area contributed by atoms with Crippen LogP contribution < -0.4 is 5.32 Å². The summed E-state index contributed by atoms with van der Waals surface area (Å²) in [6.07, 6.45) is 3.82. The number of pyridine rings is 1. The second-order valence-corrected chi connectivity index (χ2v) is 7.12. The second kappa shape index (κ2) is 8.38. The van der Waals surface area contributed by atoms with Gasteiger partial charge >= 0.3 is 0 Å². The van der Waals surface area contributed by atoms with E-state index in [1.807, 2.05) is 12.1 Å². The van der Waals surface area contributed by atoms with Crippen LogP contribution in [0.3, 0.4) is 0 Å². The predicted octanol–water partition coefficient (Wildman–Crippen LogP) is 4.39. The lowest BCUT2D eigenvalue weighted by Crippen LogP contribution is -2.12. The Morgan fingerprint density at radius 3 is 2.62 bits per heavy atom. The number of hydrogen-bond acceptors (Lipinski definition) is 6. The number of H-pyrrole nitrogens is 1. The lowest BCUT2D eigenvalue weighted by atomic mass is 10.2. The molecule has 9 heteroatoms. The monoisotopic (exact) mass is 428 g/mol. The number of amides is 1. The molecule has 3 heterocycles. The summed E-state index contributed by atoms with van der Waals surface area (Å²) in [5, 5.41) is 6.80. The molecule has 0 atom stereocenters. The number of halogens is 1. The molecule has 0 aliphatic heterocycles. The van der Waals surface area contributed by atoms with E-state index >= 15 is 0 Å². The quantitative estimate of drug-likeness (QED) is 0.415. The van der Waals surface area contributed by atoms with Crippen LogP contribution in [0, 0.1) is 5.82 Å². The highest BCUT2D eigenvalue weighted by atomic mass is 19.1. The molecule has 2 aromatic carbocycles. The van der Waals surface area contributed by atoms with Crippen LogP contribution in [-0.4, -0.2) is 31.0 Å². The molecule has 0 saturated heterocycles. The summed E-state index contributed by atoms with van der Waals surface area (Å²) in [6.45, 7) is 0. The van der Waals surface area contributed by atoms with E-state index in [4.69, 9.17) is 4.52 Å². The van der Waals surface area contributed by atoms with Crippen LogP contribution in [0.15, 0.2) is 71.5 Å². The van der Waals surface area contributed by atoms with Gasteiger partial charge < -0.3 is 14.8 Å². The van der Waals surface area contributed by atoms with Gasteiger partial charge in [0.15, 0.2) is 0 Å². The number of benzene rings is 2. The van der Waals surface area contributed by atoms with Gasteiger partial charge in [-0.3, -0.25) is 9.78 Å². The normalized spacial score (nSPS) is 11.0. The fourth-order valence-electron chi connectivity index (χ4n) is 3.25. The third-order valence-corrected chi connectivity index (χ3v) is 4.86. The molecule has 0 bridgehead atoms. The SMILES string of the molecule is O=C(CCc1nc(-c2ccncc2)no1)Nc1ccc2nc(-c3ccc(F)cc3)[nH]c2c1. The summed E-state index contributed by atoms with van der Waals surface area (Å²) < 4.78 is 18.4. The zero-order chi connectivity index (χ0) is 21.9. The smallest absolute Gasteiger partial charge is 0.227 e. The van der Waals surface area contributed by atoms with E-state index in [9.17, 15) is 9.18 Å². The molecule has 32 heavy (non-hydrogen) atoms. The van der Waals surface area contributed by atoms with Gasteiger partial charge in [-0.2, -0.15) is 4.98 Å². The van der Waals surface area contributed by atoms with E-state index in [1.165, 1.54) is 12.1 Å². The van der Waals surface area contributed by atoms with Gasteiger partial charge in [-0.25, -0.2) is 9.37 Å². The van der Waals surface area contributed by atoms with Crippen molar-refractivity contribution in [1.29, 1.82) is 0 Å². The molecule has 5 rings (SSSR count). The van der Waals surface area contributed by atoms with E-state index in [0.29, 0.717) is 29.6 Å². The van der Waals surface area contributed by atoms with Crippen molar-refractivity contribution >= 4 is 22.6 Å². The minimum atomic E-state index is -0.302. The Kier molecular flexibility index (Phi) is 5.12. The highest BCUT2D eigenvalue weighted by molar-refractivity contribution is 5.93. The Morgan fingerprint density at radius 2 is 1.81 bits per heavy atom. The Balaban J connectivity index is 1.23. The van der Waals surface area contributed by atoms with E-state index < -0.39 is 0 Å². The molecule has 2 N–H and O–H groups in total. The van der Waals surface area contributed by atoms with Gasteiger partial charge in [0.1, 0.15) is 11.6 Å². The Bertz CT molecular complexity index is 1380. The first kappa shape index (κ1) is 19.6. The first-order valence-electron chi connectivity index (χ1n) is 9.92. The van der Waals surface area contributed by atoms with Crippen LogP contribution in [0.4, 0.5) is 10.1 Å². The lowest BCUT2D eigenvalue weighted by Gasteiger charge is -2.03. The Hall–Kier alpha value is -4.40. The van der Waals surface area contributed by atoms with Gasteiger partial charge in [-0.15, -0.1) is 0 Å². The fourth-order valence-corrected chi connectivity index (χ4v) is 3.25. The number of nitrogens with zero attached hydrogens (tertiary/aromatic N) is 4. The maximum absolute atomic E-state index is 13.1. The van der Waals surface area contributed by atoms with E-state index in [2.05, 4.69) is 30.4 Å². The Labute approximate surface area is 181 Å². The molecule has 3 aromatic heterocycles. The van der Waals surface area contributed by atoms with Crippen LogP contribution >= 0.6 is 0 Å². The third kappa shape index (κ3) is 4.22. The molecule has 0 spiro atoms. The van der Waals surface area contributed by atoms with E-state index in [-0.39, 0.29) is 18.1 Å². The number of hydrogen-bond donors (Lipinski definition) is 2. The highest BCUT2D eigenvalue weighted by Crippen LogP contribution is 2.23. The number of aromatic nitrogens is 5. The third-order valence-electron chi connectivity index (χ3n) is 4.86. The van der Waals surface area contributed by atoms with Crippen molar-refractivity contribution in [3.8, 4) is 22.8 Å². The minimum Gasteiger partial charge on any atom is -0.339 e. The average molecular weight is 428 g/mol. The van der Waals surface area contributed by atoms with Crippen molar-refractivity contribution < 1.29 is 13.7 Å². The van der Waals surface area contributed by atoms with Crippen molar-refractivity contribution in [3.05, 3.63) is 78.7 Å². The molecule has 0 aliphatic rings. The van der Waals surface area contributed by atoms with Gasteiger partial charge in [0.25, 0.3) is 0 Å².